The highest BCUT2D eigenvalue weighted by molar-refractivity contribution is 6.04. The van der Waals surface area contributed by atoms with E-state index in [-0.39, 0.29) is 17.5 Å². The standard InChI is InChI=1S/C21H18N2O3/c24-14-8-6-12(7-9-14)17-18(21(26)22-20(17)25)16-11-23-10-2-4-13-3-1-5-15(16)19(13)23/h1,3,5-9,11,22,24-26H,2,4,10H2. The van der Waals surface area contributed by atoms with Crippen LogP contribution >= 0.6 is 0 Å². The normalized spacial score (nSPS) is 13.4. The molecule has 5 nitrogen and oxygen atoms in total. The molecule has 2 aromatic heterocycles. The topological polar surface area (TPSA) is 81.4 Å². The van der Waals surface area contributed by atoms with Gasteiger partial charge in [-0.25, -0.2) is 0 Å². The number of benzene rings is 2. The summed E-state index contributed by atoms with van der Waals surface area (Å²) < 4.78 is 2.23. The minimum Gasteiger partial charge on any atom is -0.508 e. The van der Waals surface area contributed by atoms with Crippen molar-refractivity contribution < 1.29 is 15.3 Å². The number of H-pyrrole nitrogens is 1. The quantitative estimate of drug-likeness (QED) is 0.435. The molecule has 0 bridgehead atoms. The van der Waals surface area contributed by atoms with Crippen molar-refractivity contribution in [1.29, 1.82) is 0 Å². The third-order valence-corrected chi connectivity index (χ3v) is 5.21. The first-order valence-corrected chi connectivity index (χ1v) is 8.68. The van der Waals surface area contributed by atoms with Crippen LogP contribution in [0.1, 0.15) is 12.0 Å². The molecule has 0 atom stereocenters. The Labute approximate surface area is 149 Å². The van der Waals surface area contributed by atoms with Gasteiger partial charge >= 0.3 is 0 Å². The Balaban J connectivity index is 1.82. The highest BCUT2D eigenvalue weighted by Gasteiger charge is 2.25. The fraction of sp³-hybridized carbons (Fsp3) is 0.143. The first-order chi connectivity index (χ1) is 12.6. The Morgan fingerprint density at radius 1 is 0.885 bits per heavy atom. The van der Waals surface area contributed by atoms with Crippen molar-refractivity contribution in [3.05, 3.63) is 54.2 Å². The van der Waals surface area contributed by atoms with E-state index in [1.807, 2.05) is 6.07 Å². The van der Waals surface area contributed by atoms with E-state index in [9.17, 15) is 15.3 Å². The summed E-state index contributed by atoms with van der Waals surface area (Å²) in [4.78, 5) is 2.65. The van der Waals surface area contributed by atoms with Gasteiger partial charge in [-0.15, -0.1) is 0 Å². The van der Waals surface area contributed by atoms with E-state index in [4.69, 9.17) is 0 Å². The van der Waals surface area contributed by atoms with E-state index in [1.165, 1.54) is 11.1 Å². The molecule has 3 heterocycles. The van der Waals surface area contributed by atoms with Crippen molar-refractivity contribution in [2.24, 2.45) is 0 Å². The van der Waals surface area contributed by atoms with Crippen LogP contribution in [-0.4, -0.2) is 24.9 Å². The van der Waals surface area contributed by atoms with E-state index in [0.29, 0.717) is 11.1 Å². The molecular formula is C21H18N2O3. The van der Waals surface area contributed by atoms with Gasteiger partial charge in [0.1, 0.15) is 5.75 Å². The number of hydrogen-bond acceptors (Lipinski definition) is 3. The zero-order valence-electron chi connectivity index (χ0n) is 14.0. The van der Waals surface area contributed by atoms with Crippen LogP contribution in [0.4, 0.5) is 0 Å². The monoisotopic (exact) mass is 346 g/mol. The minimum atomic E-state index is -0.0879. The molecule has 0 unspecified atom stereocenters. The van der Waals surface area contributed by atoms with Crippen molar-refractivity contribution in [3.63, 3.8) is 0 Å². The molecule has 5 rings (SSSR count). The van der Waals surface area contributed by atoms with Gasteiger partial charge in [-0.2, -0.15) is 0 Å². The summed E-state index contributed by atoms with van der Waals surface area (Å²) in [5.74, 6) is 0.00562. The molecule has 4 N–H and O–H groups in total. The van der Waals surface area contributed by atoms with Gasteiger partial charge in [0.05, 0.1) is 16.6 Å². The molecular weight excluding hydrogens is 328 g/mol. The molecule has 1 aliphatic rings. The van der Waals surface area contributed by atoms with Crippen molar-refractivity contribution >= 4 is 10.9 Å². The molecule has 0 spiro atoms. The number of aromatic amines is 1. The maximum atomic E-state index is 10.5. The van der Waals surface area contributed by atoms with Crippen LogP contribution in [0.2, 0.25) is 0 Å². The fourth-order valence-electron chi connectivity index (χ4n) is 4.10. The number of aromatic nitrogens is 2. The van der Waals surface area contributed by atoms with E-state index < -0.39 is 0 Å². The van der Waals surface area contributed by atoms with Gasteiger partial charge in [0.2, 0.25) is 0 Å². The Bertz CT molecular complexity index is 1140. The predicted molar refractivity (Wildman–Crippen MR) is 100 cm³/mol. The maximum absolute atomic E-state index is 10.5. The average Bonchev–Trinajstić information content (AvgIpc) is 3.14. The molecule has 0 amide bonds. The fourth-order valence-corrected chi connectivity index (χ4v) is 4.10. The van der Waals surface area contributed by atoms with Crippen LogP contribution in [0.3, 0.4) is 0 Å². The van der Waals surface area contributed by atoms with Crippen LogP contribution in [-0.2, 0) is 13.0 Å². The second kappa shape index (κ2) is 5.33. The zero-order chi connectivity index (χ0) is 17.8. The summed E-state index contributed by atoms with van der Waals surface area (Å²) >= 11 is 0. The molecule has 1 aliphatic heterocycles. The van der Waals surface area contributed by atoms with Crippen LogP contribution in [0.25, 0.3) is 33.2 Å². The summed E-state index contributed by atoms with van der Waals surface area (Å²) in [6, 6.07) is 12.8. The lowest BCUT2D eigenvalue weighted by Crippen LogP contribution is -2.05. The molecule has 130 valence electrons. The van der Waals surface area contributed by atoms with E-state index >= 15 is 0 Å². The summed E-state index contributed by atoms with van der Waals surface area (Å²) in [6.45, 7) is 0.944. The zero-order valence-corrected chi connectivity index (χ0v) is 14.0. The lowest BCUT2D eigenvalue weighted by Gasteiger charge is -2.14. The Hall–Kier alpha value is -3.34. The largest absolute Gasteiger partial charge is 0.508 e. The first kappa shape index (κ1) is 15.0. The molecule has 26 heavy (non-hydrogen) atoms. The van der Waals surface area contributed by atoms with Gasteiger partial charge in [-0.3, -0.25) is 4.98 Å². The first-order valence-electron chi connectivity index (χ1n) is 8.68. The summed E-state index contributed by atoms with van der Waals surface area (Å²) in [7, 11) is 0. The van der Waals surface area contributed by atoms with Gasteiger partial charge in [0.25, 0.3) is 0 Å². The summed E-state index contributed by atoms with van der Waals surface area (Å²) in [6.07, 6.45) is 4.20. The van der Waals surface area contributed by atoms with Crippen molar-refractivity contribution in [1.82, 2.24) is 9.55 Å². The lowest BCUT2D eigenvalue weighted by molar-refractivity contribution is 0.426. The van der Waals surface area contributed by atoms with E-state index in [1.54, 1.807) is 24.3 Å². The number of hydrogen-bond donors (Lipinski definition) is 4. The third-order valence-electron chi connectivity index (χ3n) is 5.21. The van der Waals surface area contributed by atoms with Gasteiger partial charge < -0.3 is 19.9 Å². The molecule has 0 saturated carbocycles. The van der Waals surface area contributed by atoms with Gasteiger partial charge in [-0.05, 0) is 36.1 Å². The van der Waals surface area contributed by atoms with E-state index in [0.717, 1.165) is 35.9 Å². The van der Waals surface area contributed by atoms with E-state index in [2.05, 4.69) is 27.9 Å². The second-order valence-electron chi connectivity index (χ2n) is 6.77. The highest BCUT2D eigenvalue weighted by atomic mass is 16.3. The molecule has 2 aromatic carbocycles. The van der Waals surface area contributed by atoms with Crippen molar-refractivity contribution in [2.45, 2.75) is 19.4 Å². The minimum absolute atomic E-state index is 0.0609. The van der Waals surface area contributed by atoms with Gasteiger partial charge in [0.15, 0.2) is 11.8 Å². The highest BCUT2D eigenvalue weighted by Crippen LogP contribution is 2.48. The number of phenols is 1. The number of aromatic hydroxyl groups is 3. The predicted octanol–water partition coefficient (Wildman–Crippen LogP) is 4.37. The summed E-state index contributed by atoms with van der Waals surface area (Å²) in [5.41, 5.74) is 5.23. The second-order valence-corrected chi connectivity index (χ2v) is 6.77. The van der Waals surface area contributed by atoms with Crippen LogP contribution in [0.5, 0.6) is 17.5 Å². The number of nitrogens with zero attached hydrogens (tertiary/aromatic N) is 1. The Morgan fingerprint density at radius 2 is 1.65 bits per heavy atom. The Kier molecular flexibility index (Phi) is 3.06. The van der Waals surface area contributed by atoms with Crippen LogP contribution < -0.4 is 0 Å². The number of aryl methyl sites for hydroxylation is 2. The van der Waals surface area contributed by atoms with Crippen molar-refractivity contribution in [2.75, 3.05) is 0 Å². The number of nitrogens with one attached hydrogen (secondary N) is 1. The molecule has 0 saturated heterocycles. The average molecular weight is 346 g/mol. The van der Waals surface area contributed by atoms with Gasteiger partial charge in [-0.1, -0.05) is 30.3 Å². The van der Waals surface area contributed by atoms with Crippen molar-refractivity contribution in [3.8, 4) is 39.8 Å². The smallest absolute Gasteiger partial charge is 0.200 e. The Morgan fingerprint density at radius 3 is 2.46 bits per heavy atom. The maximum Gasteiger partial charge on any atom is 0.200 e. The molecule has 0 radical (unpaired) electrons. The number of rotatable bonds is 2. The molecule has 0 fully saturated rings. The number of phenolic OH excluding ortho intramolecular Hbond substituents is 1. The molecule has 4 aromatic rings. The summed E-state index contributed by atoms with van der Waals surface area (Å²) in [5, 5.41) is 31.6. The molecule has 0 aliphatic carbocycles. The lowest BCUT2D eigenvalue weighted by atomic mass is 9.96. The molecule has 5 heteroatoms. The van der Waals surface area contributed by atoms with Crippen LogP contribution in [0, 0.1) is 0 Å². The third kappa shape index (κ3) is 2.03. The van der Waals surface area contributed by atoms with Gasteiger partial charge in [0, 0.05) is 23.7 Å². The van der Waals surface area contributed by atoms with Crippen LogP contribution in [0.15, 0.2) is 48.7 Å². The number of para-hydroxylation sites is 1. The SMILES string of the molecule is Oc1ccc(-c2c(O)[nH]c(O)c2-c2cn3c4c(cccc24)CCC3)cc1.